The Morgan fingerprint density at radius 3 is 2.55 bits per heavy atom. The van der Waals surface area contributed by atoms with Crippen molar-refractivity contribution in [2.24, 2.45) is 7.05 Å². The van der Waals surface area contributed by atoms with Gasteiger partial charge in [0, 0.05) is 58.2 Å². The standard InChI is InChI=1S/C16H28N6/c1-12(2)15-14(16(20(4)5)21(6)19-15)9-18-13(3)10-22-8-7-17-11-22/h7-8,11-13,18H,9-10H2,1-6H3/t13-/m0/s1. The summed E-state index contributed by atoms with van der Waals surface area (Å²) in [5.41, 5.74) is 2.47. The van der Waals surface area contributed by atoms with E-state index in [0.717, 1.165) is 13.1 Å². The van der Waals surface area contributed by atoms with Crippen LogP contribution in [0.1, 0.15) is 37.9 Å². The van der Waals surface area contributed by atoms with Crippen LogP contribution in [0, 0.1) is 0 Å². The van der Waals surface area contributed by atoms with Gasteiger partial charge in [0.2, 0.25) is 0 Å². The van der Waals surface area contributed by atoms with Gasteiger partial charge in [-0.3, -0.25) is 4.68 Å². The summed E-state index contributed by atoms with van der Waals surface area (Å²) in [6, 6.07) is 0.365. The Morgan fingerprint density at radius 2 is 2.00 bits per heavy atom. The predicted molar refractivity (Wildman–Crippen MR) is 90.2 cm³/mol. The Labute approximate surface area is 133 Å². The van der Waals surface area contributed by atoms with Crippen LogP contribution >= 0.6 is 0 Å². The minimum Gasteiger partial charge on any atom is -0.363 e. The number of aromatic nitrogens is 4. The maximum absolute atomic E-state index is 4.70. The van der Waals surface area contributed by atoms with Gasteiger partial charge in [-0.05, 0) is 12.8 Å². The molecule has 0 aliphatic carbocycles. The third-order valence-electron chi connectivity index (χ3n) is 3.79. The van der Waals surface area contributed by atoms with Crippen LogP contribution in [0.25, 0.3) is 0 Å². The molecule has 0 spiro atoms. The van der Waals surface area contributed by atoms with Crippen LogP contribution in [0.3, 0.4) is 0 Å². The Balaban J connectivity index is 2.10. The summed E-state index contributed by atoms with van der Waals surface area (Å²) in [7, 11) is 6.15. The molecule has 2 heterocycles. The fourth-order valence-corrected chi connectivity index (χ4v) is 2.82. The van der Waals surface area contributed by atoms with Crippen molar-refractivity contribution < 1.29 is 0 Å². The number of nitrogens with zero attached hydrogens (tertiary/aromatic N) is 5. The molecule has 0 fully saturated rings. The number of hydrogen-bond acceptors (Lipinski definition) is 4. The zero-order valence-electron chi connectivity index (χ0n) is 14.5. The lowest BCUT2D eigenvalue weighted by molar-refractivity contribution is 0.474. The Bertz CT molecular complexity index is 582. The number of aryl methyl sites for hydroxylation is 1. The van der Waals surface area contributed by atoms with Crippen molar-refractivity contribution in [3.63, 3.8) is 0 Å². The molecule has 2 aromatic heterocycles. The largest absolute Gasteiger partial charge is 0.363 e. The molecule has 122 valence electrons. The number of nitrogens with one attached hydrogen (secondary N) is 1. The van der Waals surface area contributed by atoms with Crippen molar-refractivity contribution in [3.05, 3.63) is 30.0 Å². The number of imidazole rings is 1. The zero-order chi connectivity index (χ0) is 16.3. The molecule has 0 bridgehead atoms. The molecule has 0 amide bonds. The van der Waals surface area contributed by atoms with E-state index in [1.54, 1.807) is 0 Å². The van der Waals surface area contributed by atoms with E-state index >= 15 is 0 Å². The summed E-state index contributed by atoms with van der Waals surface area (Å²) in [5.74, 6) is 1.59. The SMILES string of the molecule is CC(C)c1nn(C)c(N(C)C)c1CN[C@@H](C)Cn1ccnc1. The van der Waals surface area contributed by atoms with Crippen molar-refractivity contribution in [2.45, 2.75) is 45.8 Å². The van der Waals surface area contributed by atoms with Crippen molar-refractivity contribution in [3.8, 4) is 0 Å². The molecular weight excluding hydrogens is 276 g/mol. The van der Waals surface area contributed by atoms with Crippen molar-refractivity contribution in [1.29, 1.82) is 0 Å². The third kappa shape index (κ3) is 3.68. The minimum atomic E-state index is 0.365. The van der Waals surface area contributed by atoms with Gasteiger partial charge in [0.15, 0.2) is 0 Å². The molecular formula is C16H28N6. The normalized spacial score (nSPS) is 12.9. The summed E-state index contributed by atoms with van der Waals surface area (Å²) >= 11 is 0. The van der Waals surface area contributed by atoms with Crippen LogP contribution in [0.5, 0.6) is 0 Å². The number of rotatable bonds is 7. The Hall–Kier alpha value is -1.82. The van der Waals surface area contributed by atoms with Gasteiger partial charge in [-0.15, -0.1) is 0 Å². The summed E-state index contributed by atoms with van der Waals surface area (Å²) in [5, 5.41) is 8.32. The summed E-state index contributed by atoms with van der Waals surface area (Å²) in [6.07, 6.45) is 5.66. The first kappa shape index (κ1) is 16.5. The molecule has 2 aromatic rings. The molecule has 6 nitrogen and oxygen atoms in total. The van der Waals surface area contributed by atoms with Crippen molar-refractivity contribution in [2.75, 3.05) is 19.0 Å². The lowest BCUT2D eigenvalue weighted by atomic mass is 10.1. The summed E-state index contributed by atoms with van der Waals surface area (Å²) in [6.45, 7) is 8.32. The molecule has 0 saturated carbocycles. The molecule has 6 heteroatoms. The smallest absolute Gasteiger partial charge is 0.130 e. The highest BCUT2D eigenvalue weighted by Gasteiger charge is 2.20. The Kier molecular flexibility index (Phi) is 5.24. The number of hydrogen-bond donors (Lipinski definition) is 1. The molecule has 0 radical (unpaired) electrons. The summed E-state index contributed by atoms with van der Waals surface area (Å²) in [4.78, 5) is 6.22. The average Bonchev–Trinajstić information content (AvgIpc) is 3.03. The van der Waals surface area contributed by atoms with Gasteiger partial charge in [-0.2, -0.15) is 5.10 Å². The van der Waals surface area contributed by atoms with E-state index in [1.165, 1.54) is 17.1 Å². The van der Waals surface area contributed by atoms with Crippen LogP contribution in [0.4, 0.5) is 5.82 Å². The quantitative estimate of drug-likeness (QED) is 0.850. The number of anilines is 1. The van der Waals surface area contributed by atoms with Gasteiger partial charge in [-0.25, -0.2) is 4.98 Å². The molecule has 0 aliphatic heterocycles. The third-order valence-corrected chi connectivity index (χ3v) is 3.79. The van der Waals surface area contributed by atoms with E-state index in [2.05, 4.69) is 54.6 Å². The molecule has 1 atom stereocenters. The molecule has 22 heavy (non-hydrogen) atoms. The van der Waals surface area contributed by atoms with Crippen LogP contribution in [0.15, 0.2) is 18.7 Å². The maximum Gasteiger partial charge on any atom is 0.130 e. The highest BCUT2D eigenvalue weighted by atomic mass is 15.4. The molecule has 0 saturated heterocycles. The van der Waals surface area contributed by atoms with Gasteiger partial charge in [0.05, 0.1) is 12.0 Å². The first-order chi connectivity index (χ1) is 10.4. The molecule has 1 N–H and O–H groups in total. The van der Waals surface area contributed by atoms with E-state index in [0.29, 0.717) is 12.0 Å². The monoisotopic (exact) mass is 304 g/mol. The summed E-state index contributed by atoms with van der Waals surface area (Å²) < 4.78 is 4.07. The highest BCUT2D eigenvalue weighted by molar-refractivity contribution is 5.50. The van der Waals surface area contributed by atoms with Gasteiger partial charge in [0.25, 0.3) is 0 Å². The van der Waals surface area contributed by atoms with E-state index in [1.807, 2.05) is 30.5 Å². The second-order valence-electron chi connectivity index (χ2n) is 6.40. The fourth-order valence-electron chi connectivity index (χ4n) is 2.82. The van der Waals surface area contributed by atoms with Crippen molar-refractivity contribution >= 4 is 5.82 Å². The predicted octanol–water partition coefficient (Wildman–Crippen LogP) is 1.98. The van der Waals surface area contributed by atoms with E-state index < -0.39 is 0 Å². The Morgan fingerprint density at radius 1 is 1.27 bits per heavy atom. The molecule has 0 aliphatic rings. The van der Waals surface area contributed by atoms with Crippen LogP contribution < -0.4 is 10.2 Å². The lowest BCUT2D eigenvalue weighted by Crippen LogP contribution is -2.30. The zero-order valence-corrected chi connectivity index (χ0v) is 14.5. The first-order valence-electron chi connectivity index (χ1n) is 7.82. The topological polar surface area (TPSA) is 50.9 Å². The van der Waals surface area contributed by atoms with Gasteiger partial charge in [-0.1, -0.05) is 13.8 Å². The van der Waals surface area contributed by atoms with E-state index in [9.17, 15) is 0 Å². The van der Waals surface area contributed by atoms with Gasteiger partial charge >= 0.3 is 0 Å². The molecule has 0 unspecified atom stereocenters. The van der Waals surface area contributed by atoms with E-state index in [4.69, 9.17) is 5.10 Å². The molecule has 2 rings (SSSR count). The second-order valence-corrected chi connectivity index (χ2v) is 6.40. The average molecular weight is 304 g/mol. The van der Waals surface area contributed by atoms with E-state index in [-0.39, 0.29) is 0 Å². The van der Waals surface area contributed by atoms with Crippen LogP contribution in [-0.4, -0.2) is 39.5 Å². The van der Waals surface area contributed by atoms with Gasteiger partial charge in [0.1, 0.15) is 5.82 Å². The van der Waals surface area contributed by atoms with Crippen LogP contribution in [-0.2, 0) is 20.1 Å². The highest BCUT2D eigenvalue weighted by Crippen LogP contribution is 2.27. The van der Waals surface area contributed by atoms with Crippen LogP contribution in [0.2, 0.25) is 0 Å². The minimum absolute atomic E-state index is 0.365. The first-order valence-corrected chi connectivity index (χ1v) is 7.82. The van der Waals surface area contributed by atoms with Crippen molar-refractivity contribution in [1.82, 2.24) is 24.6 Å². The molecule has 0 aromatic carbocycles. The fraction of sp³-hybridized carbons (Fsp3) is 0.625. The van der Waals surface area contributed by atoms with Gasteiger partial charge < -0.3 is 14.8 Å². The second kappa shape index (κ2) is 6.96. The lowest BCUT2D eigenvalue weighted by Gasteiger charge is -2.19. The maximum atomic E-state index is 4.70.